The number of rotatable bonds is 3. The van der Waals surface area contributed by atoms with Gasteiger partial charge < -0.3 is 5.73 Å². The molecule has 4 rings (SSSR count). The van der Waals surface area contributed by atoms with Crippen molar-refractivity contribution < 1.29 is 8.78 Å². The quantitative estimate of drug-likeness (QED) is 0.597. The van der Waals surface area contributed by atoms with E-state index in [1.165, 1.54) is 17.4 Å². The third-order valence-electron chi connectivity index (χ3n) is 3.87. The van der Waals surface area contributed by atoms with Crippen LogP contribution in [0.3, 0.4) is 0 Å². The Morgan fingerprint density at radius 3 is 2.50 bits per heavy atom. The number of nitrogens with zero attached hydrogens (tertiary/aromatic N) is 2. The van der Waals surface area contributed by atoms with Crippen molar-refractivity contribution in [3.8, 4) is 21.7 Å². The van der Waals surface area contributed by atoms with Gasteiger partial charge >= 0.3 is 0 Å². The maximum Gasteiger partial charge on any atom is 0.195 e. The number of imidazole rings is 1. The zero-order valence-electron chi connectivity index (χ0n) is 12.5. The molecule has 0 bridgehead atoms. The lowest BCUT2D eigenvalue weighted by Gasteiger charge is -2.03. The number of thiazole rings is 1. The summed E-state index contributed by atoms with van der Waals surface area (Å²) in [6.07, 6.45) is 1.98. The molecule has 2 aromatic carbocycles. The molecule has 0 aliphatic carbocycles. The first-order chi connectivity index (χ1) is 11.7. The fraction of sp³-hybridized carbons (Fsp3) is 0.0556. The molecule has 24 heavy (non-hydrogen) atoms. The Bertz CT molecular complexity index is 1020. The van der Waals surface area contributed by atoms with Crippen LogP contribution in [-0.2, 0) is 6.54 Å². The zero-order valence-corrected chi connectivity index (χ0v) is 13.4. The maximum absolute atomic E-state index is 13.5. The highest BCUT2D eigenvalue weighted by Gasteiger charge is 2.17. The molecule has 0 saturated heterocycles. The smallest absolute Gasteiger partial charge is 0.195 e. The monoisotopic (exact) mass is 341 g/mol. The van der Waals surface area contributed by atoms with Gasteiger partial charge in [-0.25, -0.2) is 13.8 Å². The number of halogens is 2. The third kappa shape index (κ3) is 2.40. The molecule has 4 aromatic rings. The van der Waals surface area contributed by atoms with E-state index in [0.717, 1.165) is 33.2 Å². The molecule has 0 atom stereocenters. The summed E-state index contributed by atoms with van der Waals surface area (Å²) in [6.45, 7) is 0.250. The Balaban J connectivity index is 1.86. The van der Waals surface area contributed by atoms with Gasteiger partial charge in [0.25, 0.3) is 0 Å². The molecule has 0 spiro atoms. The van der Waals surface area contributed by atoms with Crippen molar-refractivity contribution in [2.24, 2.45) is 5.73 Å². The summed E-state index contributed by atoms with van der Waals surface area (Å²) in [5.41, 5.74) is 8.87. The second kappa shape index (κ2) is 5.81. The summed E-state index contributed by atoms with van der Waals surface area (Å²) >= 11 is 1.53. The van der Waals surface area contributed by atoms with Crippen LogP contribution in [0.4, 0.5) is 8.78 Å². The molecule has 3 nitrogen and oxygen atoms in total. The van der Waals surface area contributed by atoms with E-state index in [1.807, 2.05) is 40.9 Å². The standard InChI is InChI=1S/C18H13F2N3S/c19-13-7-6-12(8-14(13)20)17-15(9-21)23-10-16(24-18(23)22-17)11-4-2-1-3-5-11/h1-8,10H,9,21H2. The molecular formula is C18H13F2N3S. The molecule has 2 heterocycles. The highest BCUT2D eigenvalue weighted by molar-refractivity contribution is 7.20. The van der Waals surface area contributed by atoms with Gasteiger partial charge in [-0.1, -0.05) is 41.7 Å². The van der Waals surface area contributed by atoms with Gasteiger partial charge in [0.2, 0.25) is 0 Å². The molecule has 0 aliphatic heterocycles. The summed E-state index contributed by atoms with van der Waals surface area (Å²) < 4.78 is 28.6. The van der Waals surface area contributed by atoms with Crippen LogP contribution in [0.2, 0.25) is 0 Å². The number of nitrogens with two attached hydrogens (primary N) is 1. The van der Waals surface area contributed by atoms with Crippen LogP contribution in [0, 0.1) is 11.6 Å². The predicted molar refractivity (Wildman–Crippen MR) is 91.7 cm³/mol. The molecular weight excluding hydrogens is 328 g/mol. The Morgan fingerprint density at radius 1 is 1.00 bits per heavy atom. The summed E-state index contributed by atoms with van der Waals surface area (Å²) in [5, 5.41) is 0. The molecule has 0 unspecified atom stereocenters. The van der Waals surface area contributed by atoms with Gasteiger partial charge in [0.05, 0.1) is 16.3 Å². The average molecular weight is 341 g/mol. The van der Waals surface area contributed by atoms with Crippen LogP contribution >= 0.6 is 11.3 Å². The van der Waals surface area contributed by atoms with E-state index in [2.05, 4.69) is 4.98 Å². The van der Waals surface area contributed by atoms with Crippen LogP contribution < -0.4 is 5.73 Å². The maximum atomic E-state index is 13.5. The molecule has 0 aliphatic rings. The van der Waals surface area contributed by atoms with Gasteiger partial charge in [0.15, 0.2) is 16.6 Å². The number of hydrogen-bond donors (Lipinski definition) is 1. The minimum Gasteiger partial charge on any atom is -0.325 e. The first kappa shape index (κ1) is 15.0. The molecule has 2 aromatic heterocycles. The van der Waals surface area contributed by atoms with E-state index >= 15 is 0 Å². The average Bonchev–Trinajstić information content (AvgIpc) is 3.15. The summed E-state index contributed by atoms with van der Waals surface area (Å²) in [6, 6.07) is 13.8. The van der Waals surface area contributed by atoms with Crippen molar-refractivity contribution >= 4 is 16.3 Å². The number of aromatic nitrogens is 2. The molecule has 120 valence electrons. The van der Waals surface area contributed by atoms with Crippen LogP contribution in [0.5, 0.6) is 0 Å². The molecule has 6 heteroatoms. The zero-order chi connectivity index (χ0) is 16.7. The summed E-state index contributed by atoms with van der Waals surface area (Å²) in [7, 11) is 0. The Morgan fingerprint density at radius 2 is 1.79 bits per heavy atom. The van der Waals surface area contributed by atoms with Crippen molar-refractivity contribution in [1.29, 1.82) is 0 Å². The fourth-order valence-corrected chi connectivity index (χ4v) is 3.70. The number of hydrogen-bond acceptors (Lipinski definition) is 3. The van der Waals surface area contributed by atoms with Crippen molar-refractivity contribution in [2.75, 3.05) is 0 Å². The van der Waals surface area contributed by atoms with Crippen LogP contribution in [0.25, 0.3) is 26.7 Å². The van der Waals surface area contributed by atoms with E-state index in [9.17, 15) is 8.78 Å². The number of benzene rings is 2. The van der Waals surface area contributed by atoms with Crippen molar-refractivity contribution in [1.82, 2.24) is 9.38 Å². The predicted octanol–water partition coefficient (Wildman–Crippen LogP) is 4.47. The molecule has 0 saturated carbocycles. The number of fused-ring (bicyclic) bond motifs is 1. The first-order valence-electron chi connectivity index (χ1n) is 7.39. The van der Waals surface area contributed by atoms with Gasteiger partial charge in [-0.15, -0.1) is 0 Å². The lowest BCUT2D eigenvalue weighted by atomic mass is 10.1. The first-order valence-corrected chi connectivity index (χ1v) is 8.20. The van der Waals surface area contributed by atoms with Crippen molar-refractivity contribution in [2.45, 2.75) is 6.54 Å². The molecule has 0 radical (unpaired) electrons. The van der Waals surface area contributed by atoms with Crippen molar-refractivity contribution in [3.05, 3.63) is 72.1 Å². The minimum absolute atomic E-state index is 0.250. The Hall–Kier alpha value is -2.57. The third-order valence-corrected chi connectivity index (χ3v) is 4.90. The lowest BCUT2D eigenvalue weighted by molar-refractivity contribution is 0.509. The van der Waals surface area contributed by atoms with Crippen LogP contribution in [0.1, 0.15) is 5.69 Å². The van der Waals surface area contributed by atoms with E-state index in [1.54, 1.807) is 0 Å². The SMILES string of the molecule is NCc1c(-c2ccc(F)c(F)c2)nc2sc(-c3ccccc3)cn12. The Kier molecular flexibility index (Phi) is 3.63. The largest absolute Gasteiger partial charge is 0.325 e. The second-order valence-corrected chi connectivity index (χ2v) is 6.36. The summed E-state index contributed by atoms with van der Waals surface area (Å²) in [5.74, 6) is -1.77. The lowest BCUT2D eigenvalue weighted by Crippen LogP contribution is -2.02. The van der Waals surface area contributed by atoms with Gasteiger partial charge in [0, 0.05) is 18.3 Å². The minimum atomic E-state index is -0.892. The van der Waals surface area contributed by atoms with Crippen molar-refractivity contribution in [3.63, 3.8) is 0 Å². The van der Waals surface area contributed by atoms with E-state index in [-0.39, 0.29) is 6.54 Å². The van der Waals surface area contributed by atoms with Gasteiger partial charge in [-0.2, -0.15) is 0 Å². The van der Waals surface area contributed by atoms with Gasteiger partial charge in [-0.05, 0) is 23.8 Å². The Labute approximate surface area is 141 Å². The summed E-state index contributed by atoms with van der Waals surface area (Å²) in [4.78, 5) is 6.43. The topological polar surface area (TPSA) is 43.3 Å². The normalized spacial score (nSPS) is 11.3. The second-order valence-electron chi connectivity index (χ2n) is 5.35. The fourth-order valence-electron chi connectivity index (χ4n) is 2.70. The van der Waals surface area contributed by atoms with Gasteiger partial charge in [-0.3, -0.25) is 4.40 Å². The highest BCUT2D eigenvalue weighted by atomic mass is 32.1. The van der Waals surface area contributed by atoms with E-state index in [4.69, 9.17) is 5.73 Å². The highest BCUT2D eigenvalue weighted by Crippen LogP contribution is 2.33. The van der Waals surface area contributed by atoms with Gasteiger partial charge in [0.1, 0.15) is 0 Å². The van der Waals surface area contributed by atoms with E-state index < -0.39 is 11.6 Å². The van der Waals surface area contributed by atoms with E-state index in [0.29, 0.717) is 11.3 Å². The molecule has 2 N–H and O–H groups in total. The molecule has 0 amide bonds. The molecule has 0 fully saturated rings. The van der Waals surface area contributed by atoms with Crippen LogP contribution in [0.15, 0.2) is 54.7 Å². The van der Waals surface area contributed by atoms with Crippen LogP contribution in [-0.4, -0.2) is 9.38 Å².